The van der Waals surface area contributed by atoms with E-state index in [2.05, 4.69) is 27.6 Å². The molecule has 1 unspecified atom stereocenters. The predicted octanol–water partition coefficient (Wildman–Crippen LogP) is 5.01. The highest BCUT2D eigenvalue weighted by Crippen LogP contribution is 2.42. The van der Waals surface area contributed by atoms with Crippen LogP contribution in [0.3, 0.4) is 0 Å². The third-order valence-corrected chi connectivity index (χ3v) is 5.42. The number of carbonyl (C=O) groups excluding carboxylic acids is 3. The van der Waals surface area contributed by atoms with Gasteiger partial charge in [-0.2, -0.15) is 0 Å². The summed E-state index contributed by atoms with van der Waals surface area (Å²) in [6.45, 7) is -0.580. The molecule has 9 heteroatoms. The molecule has 0 bridgehead atoms. The minimum atomic E-state index is -1.21. The minimum absolute atomic E-state index is 0.0938. The van der Waals surface area contributed by atoms with Gasteiger partial charge in [0.25, 0.3) is 0 Å². The van der Waals surface area contributed by atoms with Gasteiger partial charge in [0.05, 0.1) is 5.56 Å². The summed E-state index contributed by atoms with van der Waals surface area (Å²) in [7, 11) is 1.50. The van der Waals surface area contributed by atoms with Gasteiger partial charge in [-0.15, -0.1) is 0 Å². The SMILES string of the molecule is CI.CN(C(=O)OCOC(=O)c1cccnc1)C1(c2ccccc2Cl)CCCCC1=O. The lowest BCUT2D eigenvalue weighted by Crippen LogP contribution is -2.54. The first-order valence-electron chi connectivity index (χ1n) is 9.60. The zero-order chi connectivity index (χ0) is 22.9. The molecule has 0 N–H and O–H groups in total. The topological polar surface area (TPSA) is 85.8 Å². The maximum absolute atomic E-state index is 13.0. The fraction of sp³-hybridized carbons (Fsp3) is 0.364. The van der Waals surface area contributed by atoms with Crippen molar-refractivity contribution < 1.29 is 23.9 Å². The molecule has 1 fully saturated rings. The van der Waals surface area contributed by atoms with E-state index in [-0.39, 0.29) is 11.3 Å². The third-order valence-electron chi connectivity index (χ3n) is 5.09. The first-order valence-corrected chi connectivity index (χ1v) is 12.1. The molecule has 1 atom stereocenters. The number of aromatic nitrogens is 1. The van der Waals surface area contributed by atoms with Gasteiger partial charge in [0.2, 0.25) is 6.79 Å². The Balaban J connectivity index is 0.00000166. The standard InChI is InChI=1S/C21H21ClN2O5.CH3I/c1-24(20(27)29-14-28-19(26)15-7-6-12-23-13-15)21(11-5-4-10-18(21)25)16-8-2-3-9-17(16)22;1-2/h2-3,6-9,12-13H,4-5,10-11,14H2,1H3;1H3. The van der Waals surface area contributed by atoms with E-state index in [9.17, 15) is 14.4 Å². The predicted molar refractivity (Wildman–Crippen MR) is 125 cm³/mol. The minimum Gasteiger partial charge on any atom is -0.424 e. The van der Waals surface area contributed by atoms with Crippen LogP contribution < -0.4 is 0 Å². The van der Waals surface area contributed by atoms with Gasteiger partial charge in [0.15, 0.2) is 5.78 Å². The maximum atomic E-state index is 13.0. The second-order valence-electron chi connectivity index (χ2n) is 6.73. The number of pyridine rings is 1. The molecule has 1 aromatic carbocycles. The van der Waals surface area contributed by atoms with Crippen molar-refractivity contribution in [1.29, 1.82) is 0 Å². The van der Waals surface area contributed by atoms with Crippen LogP contribution in [-0.4, -0.2) is 46.5 Å². The molecule has 1 aromatic heterocycles. The van der Waals surface area contributed by atoms with Gasteiger partial charge in [0.1, 0.15) is 5.54 Å². The van der Waals surface area contributed by atoms with Gasteiger partial charge in [-0.25, -0.2) is 9.59 Å². The van der Waals surface area contributed by atoms with Crippen LogP contribution in [0, 0.1) is 0 Å². The molecule has 31 heavy (non-hydrogen) atoms. The molecule has 1 aliphatic rings. The summed E-state index contributed by atoms with van der Waals surface area (Å²) in [5.41, 5.74) is -0.397. The van der Waals surface area contributed by atoms with Crippen LogP contribution in [0.5, 0.6) is 0 Å². The summed E-state index contributed by atoms with van der Waals surface area (Å²) in [5.74, 6) is -0.758. The maximum Gasteiger partial charge on any atom is 0.413 e. The number of carbonyl (C=O) groups is 3. The highest BCUT2D eigenvalue weighted by atomic mass is 127. The first-order chi connectivity index (χ1) is 15.0. The van der Waals surface area contributed by atoms with E-state index in [1.807, 2.05) is 4.93 Å². The summed E-state index contributed by atoms with van der Waals surface area (Å²) in [4.78, 5) is 44.7. The summed E-state index contributed by atoms with van der Waals surface area (Å²) in [5, 5.41) is 0.408. The molecular weight excluding hydrogens is 535 g/mol. The third kappa shape index (κ3) is 5.74. The van der Waals surface area contributed by atoms with Crippen LogP contribution in [-0.2, 0) is 19.8 Å². The summed E-state index contributed by atoms with van der Waals surface area (Å²) < 4.78 is 10.1. The monoisotopic (exact) mass is 558 g/mol. The van der Waals surface area contributed by atoms with Gasteiger partial charge >= 0.3 is 12.1 Å². The molecule has 0 spiro atoms. The van der Waals surface area contributed by atoms with Crippen LogP contribution in [0.4, 0.5) is 4.79 Å². The molecule has 1 saturated carbocycles. The number of likely N-dealkylation sites (N-methyl/N-ethyl adjacent to an activating group) is 1. The fourth-order valence-corrected chi connectivity index (χ4v) is 3.87. The van der Waals surface area contributed by atoms with Crippen molar-refractivity contribution in [2.75, 3.05) is 18.8 Å². The number of alkyl halides is 1. The normalized spacial score (nSPS) is 17.7. The molecule has 0 saturated heterocycles. The van der Waals surface area contributed by atoms with Crippen molar-refractivity contribution >= 4 is 52.0 Å². The van der Waals surface area contributed by atoms with E-state index in [0.717, 1.165) is 12.8 Å². The van der Waals surface area contributed by atoms with Crippen molar-refractivity contribution in [1.82, 2.24) is 9.88 Å². The molecule has 0 aliphatic heterocycles. The Hall–Kier alpha value is -2.20. The van der Waals surface area contributed by atoms with E-state index in [4.69, 9.17) is 21.1 Å². The van der Waals surface area contributed by atoms with Crippen LogP contribution in [0.15, 0.2) is 48.8 Å². The highest BCUT2D eigenvalue weighted by Gasteiger charge is 2.48. The van der Waals surface area contributed by atoms with Gasteiger partial charge in [0, 0.05) is 36.4 Å². The molecule has 166 valence electrons. The number of ketones is 1. The Kier molecular flexibility index (Phi) is 9.70. The largest absolute Gasteiger partial charge is 0.424 e. The quantitative estimate of drug-likeness (QED) is 0.222. The van der Waals surface area contributed by atoms with Gasteiger partial charge in [-0.05, 0) is 42.4 Å². The van der Waals surface area contributed by atoms with Gasteiger partial charge in [-0.3, -0.25) is 14.7 Å². The lowest BCUT2D eigenvalue weighted by molar-refractivity contribution is -0.133. The summed E-state index contributed by atoms with van der Waals surface area (Å²) in [6, 6.07) is 10.1. The number of ether oxygens (including phenoxy) is 2. The zero-order valence-corrected chi connectivity index (χ0v) is 20.3. The lowest BCUT2D eigenvalue weighted by atomic mass is 9.74. The van der Waals surface area contributed by atoms with Gasteiger partial charge < -0.3 is 9.47 Å². The number of halogens is 2. The number of hydrogen-bond acceptors (Lipinski definition) is 6. The average molecular weight is 559 g/mol. The zero-order valence-electron chi connectivity index (χ0n) is 17.3. The summed E-state index contributed by atoms with van der Waals surface area (Å²) in [6.07, 6.45) is 4.42. The van der Waals surface area contributed by atoms with Crippen LogP contribution in [0.2, 0.25) is 5.02 Å². The second kappa shape index (κ2) is 12.0. The molecular formula is C22H24ClIN2O5. The number of esters is 1. The number of rotatable bonds is 5. The molecule has 1 heterocycles. The Morgan fingerprint density at radius 1 is 1.16 bits per heavy atom. The number of benzene rings is 1. The summed E-state index contributed by atoms with van der Waals surface area (Å²) >= 11 is 8.52. The van der Waals surface area contributed by atoms with E-state index in [0.29, 0.717) is 23.4 Å². The van der Waals surface area contributed by atoms with E-state index >= 15 is 0 Å². The van der Waals surface area contributed by atoms with Crippen molar-refractivity contribution in [3.8, 4) is 0 Å². The smallest absolute Gasteiger partial charge is 0.413 e. The van der Waals surface area contributed by atoms with Crippen molar-refractivity contribution in [2.45, 2.75) is 31.2 Å². The Morgan fingerprint density at radius 2 is 1.90 bits per heavy atom. The number of Topliss-reactive ketones (excluding diaryl/α,β-unsaturated/α-hetero) is 1. The van der Waals surface area contributed by atoms with Crippen LogP contribution >= 0.6 is 34.2 Å². The van der Waals surface area contributed by atoms with Crippen LogP contribution in [0.1, 0.15) is 41.6 Å². The molecule has 3 rings (SSSR count). The molecule has 1 aliphatic carbocycles. The van der Waals surface area contributed by atoms with Crippen LogP contribution in [0.25, 0.3) is 0 Å². The van der Waals surface area contributed by atoms with E-state index in [1.54, 1.807) is 30.3 Å². The van der Waals surface area contributed by atoms with Crippen molar-refractivity contribution in [3.05, 3.63) is 64.9 Å². The van der Waals surface area contributed by atoms with Gasteiger partial charge in [-0.1, -0.05) is 52.4 Å². The van der Waals surface area contributed by atoms with E-state index < -0.39 is 24.4 Å². The average Bonchev–Trinajstić information content (AvgIpc) is 2.81. The molecule has 0 radical (unpaired) electrons. The lowest BCUT2D eigenvalue weighted by Gasteiger charge is -2.43. The molecule has 7 nitrogen and oxygen atoms in total. The van der Waals surface area contributed by atoms with Crippen molar-refractivity contribution in [2.24, 2.45) is 0 Å². The number of amides is 1. The Bertz CT molecular complexity index is 912. The van der Waals surface area contributed by atoms with Crippen molar-refractivity contribution in [3.63, 3.8) is 0 Å². The second-order valence-corrected chi connectivity index (χ2v) is 7.14. The fourth-order valence-electron chi connectivity index (χ4n) is 3.58. The highest BCUT2D eigenvalue weighted by molar-refractivity contribution is 14.1. The molecule has 2 aromatic rings. The molecule has 1 amide bonds. The Labute approximate surface area is 200 Å². The Morgan fingerprint density at radius 3 is 2.55 bits per heavy atom. The number of hydrogen-bond donors (Lipinski definition) is 0. The first kappa shape index (κ1) is 25.1. The number of nitrogens with zero attached hydrogens (tertiary/aromatic N) is 2. The van der Waals surface area contributed by atoms with E-state index in [1.165, 1.54) is 30.4 Å².